The predicted molar refractivity (Wildman–Crippen MR) is 144 cm³/mol. The van der Waals surface area contributed by atoms with E-state index in [2.05, 4.69) is 0 Å². The normalized spacial score (nSPS) is 21.7. The number of phenolic OH excluding ortho intramolecular Hbond substituents is 6. The number of carbonyl (C=O) groups excluding carboxylic acids is 1. The van der Waals surface area contributed by atoms with Crippen molar-refractivity contribution in [2.24, 2.45) is 0 Å². The first-order chi connectivity index (χ1) is 20.8. The van der Waals surface area contributed by atoms with Crippen molar-refractivity contribution in [3.8, 4) is 57.3 Å². The molecular weight excluding hydrogens is 592 g/mol. The van der Waals surface area contributed by atoms with Crippen molar-refractivity contribution in [3.05, 3.63) is 58.3 Å². The number of fused-ring (bicyclic) bond motifs is 1. The minimum absolute atomic E-state index is 0.0131. The first kappa shape index (κ1) is 30.1. The van der Waals surface area contributed by atoms with Gasteiger partial charge in [0.25, 0.3) is 0 Å². The van der Waals surface area contributed by atoms with Crippen molar-refractivity contribution in [1.82, 2.24) is 0 Å². The van der Waals surface area contributed by atoms with Crippen LogP contribution in [-0.4, -0.2) is 94.3 Å². The Morgan fingerprint density at radius 3 is 2.09 bits per heavy atom. The maximum atomic E-state index is 12.8. The van der Waals surface area contributed by atoms with Gasteiger partial charge in [-0.05, 0) is 30.3 Å². The van der Waals surface area contributed by atoms with E-state index in [0.717, 1.165) is 36.4 Å². The summed E-state index contributed by atoms with van der Waals surface area (Å²) in [5, 5.41) is 99.7. The monoisotopic (exact) mass is 616 g/mol. The van der Waals surface area contributed by atoms with Crippen LogP contribution in [0.5, 0.6) is 46.0 Å². The summed E-state index contributed by atoms with van der Waals surface area (Å²) < 4.78 is 21.7. The Morgan fingerprint density at radius 1 is 0.750 bits per heavy atom. The molecule has 5 rings (SSSR count). The number of carbonyl (C=O) groups is 1. The molecular formula is C28H24O16. The van der Waals surface area contributed by atoms with Crippen molar-refractivity contribution in [3.63, 3.8) is 0 Å². The molecule has 44 heavy (non-hydrogen) atoms. The Kier molecular flexibility index (Phi) is 7.75. The minimum atomic E-state index is -1.89. The average molecular weight is 616 g/mol. The van der Waals surface area contributed by atoms with Crippen LogP contribution >= 0.6 is 0 Å². The smallest absolute Gasteiger partial charge is 0.338 e. The largest absolute Gasteiger partial charge is 0.507 e. The number of phenols is 6. The predicted octanol–water partition coefficient (Wildman–Crippen LogP) is 0.443. The third kappa shape index (κ3) is 5.40. The van der Waals surface area contributed by atoms with Gasteiger partial charge in [0.05, 0.1) is 5.56 Å². The van der Waals surface area contributed by atoms with Crippen molar-refractivity contribution >= 4 is 16.9 Å². The van der Waals surface area contributed by atoms with E-state index in [-0.39, 0.29) is 22.5 Å². The highest BCUT2D eigenvalue weighted by molar-refractivity contribution is 5.91. The number of hydrogen-bond acceptors (Lipinski definition) is 16. The minimum Gasteiger partial charge on any atom is -0.507 e. The van der Waals surface area contributed by atoms with E-state index in [9.17, 15) is 60.7 Å². The van der Waals surface area contributed by atoms with Crippen LogP contribution in [0.1, 0.15) is 10.4 Å². The summed E-state index contributed by atoms with van der Waals surface area (Å²) in [6.07, 6.45) is -8.83. The van der Waals surface area contributed by atoms with Gasteiger partial charge in [-0.25, -0.2) is 4.79 Å². The molecule has 0 saturated carbocycles. The zero-order valence-electron chi connectivity index (χ0n) is 22.1. The molecule has 1 aliphatic rings. The van der Waals surface area contributed by atoms with Gasteiger partial charge in [-0.15, -0.1) is 0 Å². The van der Waals surface area contributed by atoms with Gasteiger partial charge in [-0.3, -0.25) is 4.79 Å². The molecule has 5 atom stereocenters. The number of rotatable bonds is 6. The molecule has 0 amide bonds. The Morgan fingerprint density at radius 2 is 1.43 bits per heavy atom. The summed E-state index contributed by atoms with van der Waals surface area (Å²) >= 11 is 0. The highest BCUT2D eigenvalue weighted by Gasteiger charge is 2.45. The molecule has 1 saturated heterocycles. The molecule has 1 fully saturated rings. The molecule has 0 aliphatic carbocycles. The fraction of sp³-hybridized carbons (Fsp3) is 0.214. The van der Waals surface area contributed by atoms with Crippen LogP contribution in [0.3, 0.4) is 0 Å². The quantitative estimate of drug-likeness (QED) is 0.104. The molecule has 0 radical (unpaired) electrons. The van der Waals surface area contributed by atoms with E-state index in [1.54, 1.807) is 0 Å². The first-order valence-corrected chi connectivity index (χ1v) is 12.6. The molecule has 10 N–H and O–H groups in total. The number of hydrogen-bond donors (Lipinski definition) is 10. The van der Waals surface area contributed by atoms with Crippen molar-refractivity contribution < 1.29 is 74.5 Å². The Hall–Kier alpha value is -5.42. The highest BCUT2D eigenvalue weighted by atomic mass is 16.7. The standard InChI is InChI=1S/C28H24O16/c29-12-2-1-9(3-13(12)30)26-24(38)22(36)19-14(31)6-11(7-17(19)43-26)42-28-25(39)23(37)21(35)18(44-28)8-41-27(40)10-4-15(32)20(34)16(33)5-10/h1-7,18,21,23,25,28-35,37-39H,8H2/t18-,21-,23+,25-,28-/m1/s1. The van der Waals surface area contributed by atoms with Crippen LogP contribution in [-0.2, 0) is 9.47 Å². The summed E-state index contributed by atoms with van der Waals surface area (Å²) in [4.78, 5) is 25.2. The molecule has 0 unspecified atom stereocenters. The number of benzene rings is 3. The molecule has 16 heteroatoms. The fourth-order valence-corrected chi connectivity index (χ4v) is 4.44. The van der Waals surface area contributed by atoms with Crippen LogP contribution in [0.4, 0.5) is 0 Å². The summed E-state index contributed by atoms with van der Waals surface area (Å²) in [6.45, 7) is -0.730. The van der Waals surface area contributed by atoms with E-state index in [0.29, 0.717) is 0 Å². The molecule has 1 aromatic heterocycles. The van der Waals surface area contributed by atoms with Crippen molar-refractivity contribution in [1.29, 1.82) is 0 Å². The third-order valence-corrected chi connectivity index (χ3v) is 6.77. The van der Waals surface area contributed by atoms with Gasteiger partial charge in [0.15, 0.2) is 34.5 Å². The Bertz CT molecular complexity index is 1790. The summed E-state index contributed by atoms with van der Waals surface area (Å²) in [5.74, 6) is -7.02. The second-order valence-corrected chi connectivity index (χ2v) is 9.72. The highest BCUT2D eigenvalue weighted by Crippen LogP contribution is 2.39. The van der Waals surface area contributed by atoms with Gasteiger partial charge >= 0.3 is 5.97 Å². The van der Waals surface area contributed by atoms with Gasteiger partial charge in [-0.1, -0.05) is 0 Å². The topological polar surface area (TPSA) is 277 Å². The number of aliphatic hydroxyl groups excluding tert-OH is 3. The number of ether oxygens (including phenoxy) is 3. The van der Waals surface area contributed by atoms with Gasteiger partial charge in [-0.2, -0.15) is 0 Å². The second-order valence-electron chi connectivity index (χ2n) is 9.72. The lowest BCUT2D eigenvalue weighted by atomic mass is 9.99. The van der Waals surface area contributed by atoms with Gasteiger partial charge in [0.1, 0.15) is 53.5 Å². The summed E-state index contributed by atoms with van der Waals surface area (Å²) in [6, 6.07) is 6.93. The van der Waals surface area contributed by atoms with Crippen LogP contribution in [0, 0.1) is 0 Å². The number of aliphatic hydroxyl groups is 3. The number of aromatic hydroxyl groups is 7. The lowest BCUT2D eigenvalue weighted by molar-refractivity contribution is -0.277. The van der Waals surface area contributed by atoms with Crippen molar-refractivity contribution in [2.75, 3.05) is 6.61 Å². The van der Waals surface area contributed by atoms with Crippen LogP contribution in [0.15, 0.2) is 51.7 Å². The molecule has 1 aliphatic heterocycles. The third-order valence-electron chi connectivity index (χ3n) is 6.77. The molecule has 232 valence electrons. The van der Waals surface area contributed by atoms with E-state index < -0.39 is 100 Å². The number of esters is 1. The van der Waals surface area contributed by atoms with Crippen molar-refractivity contribution in [2.45, 2.75) is 30.7 Å². The van der Waals surface area contributed by atoms with E-state index >= 15 is 0 Å². The lowest BCUT2D eigenvalue weighted by Gasteiger charge is -2.39. The van der Waals surface area contributed by atoms with E-state index in [4.69, 9.17) is 18.6 Å². The van der Waals surface area contributed by atoms with Gasteiger partial charge in [0.2, 0.25) is 17.5 Å². The maximum absolute atomic E-state index is 12.8. The molecule has 16 nitrogen and oxygen atoms in total. The van der Waals surface area contributed by atoms with Gasteiger partial charge in [0, 0.05) is 17.7 Å². The zero-order chi connectivity index (χ0) is 32.0. The molecule has 4 aromatic rings. The van der Waals surface area contributed by atoms with Crippen LogP contribution in [0.2, 0.25) is 0 Å². The zero-order valence-corrected chi connectivity index (χ0v) is 22.1. The lowest BCUT2D eigenvalue weighted by Crippen LogP contribution is -2.60. The molecule has 2 heterocycles. The Balaban J connectivity index is 1.39. The van der Waals surface area contributed by atoms with E-state index in [1.807, 2.05) is 0 Å². The molecule has 0 spiro atoms. The molecule has 3 aromatic carbocycles. The summed E-state index contributed by atoms with van der Waals surface area (Å²) in [5.41, 5.74) is -1.77. The fourth-order valence-electron chi connectivity index (χ4n) is 4.44. The van der Waals surface area contributed by atoms with Gasteiger partial charge < -0.3 is 69.7 Å². The SMILES string of the molecule is O=C(OC[C@H]1O[C@@H](Oc2cc(O)c3c(=O)c(O)c(-c4ccc(O)c(O)c4)oc3c2)[C@H](O)[C@@H](O)[C@@H]1O)c1cc(O)c(O)c(O)c1. The Labute approximate surface area is 244 Å². The average Bonchev–Trinajstić information content (AvgIpc) is 2.98. The maximum Gasteiger partial charge on any atom is 0.338 e. The van der Waals surface area contributed by atoms with Crippen LogP contribution < -0.4 is 10.2 Å². The molecule has 0 bridgehead atoms. The first-order valence-electron chi connectivity index (χ1n) is 12.6. The van der Waals surface area contributed by atoms with Crippen LogP contribution in [0.25, 0.3) is 22.3 Å². The second kappa shape index (κ2) is 11.3. The summed E-state index contributed by atoms with van der Waals surface area (Å²) in [7, 11) is 0. The van der Waals surface area contributed by atoms with E-state index in [1.165, 1.54) is 6.07 Å².